The van der Waals surface area contributed by atoms with E-state index in [-0.39, 0.29) is 17.8 Å². The van der Waals surface area contributed by atoms with Crippen LogP contribution in [-0.4, -0.2) is 43.6 Å². The standard InChI is InChI=1S/C23H27ClN2O4/c1-3-30-23(28)17-11-13-26(14-12-17)21(16-7-5-4-6-8-16)22(27)25-18-9-10-20(29-2)19(24)15-18/h4-10,15,17,21H,3,11-14H2,1-2H3,(H,25,27). The second-order valence-corrected chi connectivity index (χ2v) is 7.62. The first-order valence-corrected chi connectivity index (χ1v) is 10.5. The van der Waals surface area contributed by atoms with Gasteiger partial charge in [-0.2, -0.15) is 0 Å². The number of methoxy groups -OCH3 is 1. The van der Waals surface area contributed by atoms with Crippen LogP contribution in [0.3, 0.4) is 0 Å². The molecular weight excluding hydrogens is 404 g/mol. The van der Waals surface area contributed by atoms with Gasteiger partial charge in [0.15, 0.2) is 0 Å². The Morgan fingerprint density at radius 2 is 1.87 bits per heavy atom. The summed E-state index contributed by atoms with van der Waals surface area (Å²) in [7, 11) is 1.55. The highest BCUT2D eigenvalue weighted by Gasteiger charge is 2.33. The Morgan fingerprint density at radius 3 is 2.47 bits per heavy atom. The Hall–Kier alpha value is -2.57. The van der Waals surface area contributed by atoms with Crippen molar-refractivity contribution in [2.45, 2.75) is 25.8 Å². The molecule has 0 radical (unpaired) electrons. The number of carbonyl (C=O) groups is 2. The van der Waals surface area contributed by atoms with Crippen molar-refractivity contribution in [1.29, 1.82) is 0 Å². The van der Waals surface area contributed by atoms with Crippen molar-refractivity contribution in [2.24, 2.45) is 5.92 Å². The Bertz CT molecular complexity index is 867. The average Bonchev–Trinajstić information content (AvgIpc) is 2.75. The number of hydrogen-bond donors (Lipinski definition) is 1. The van der Waals surface area contributed by atoms with Gasteiger partial charge >= 0.3 is 5.97 Å². The molecular formula is C23H27ClN2O4. The lowest BCUT2D eigenvalue weighted by atomic mass is 9.94. The fraction of sp³-hybridized carbons (Fsp3) is 0.391. The maximum Gasteiger partial charge on any atom is 0.309 e. The van der Waals surface area contributed by atoms with Gasteiger partial charge < -0.3 is 14.8 Å². The summed E-state index contributed by atoms with van der Waals surface area (Å²) in [6.45, 7) is 3.48. The van der Waals surface area contributed by atoms with Crippen LogP contribution in [0.15, 0.2) is 48.5 Å². The van der Waals surface area contributed by atoms with E-state index in [1.807, 2.05) is 37.3 Å². The van der Waals surface area contributed by atoms with E-state index >= 15 is 0 Å². The predicted molar refractivity (Wildman–Crippen MR) is 117 cm³/mol. The number of esters is 1. The molecule has 30 heavy (non-hydrogen) atoms. The topological polar surface area (TPSA) is 67.9 Å². The quantitative estimate of drug-likeness (QED) is 0.663. The number of anilines is 1. The molecule has 1 aliphatic heterocycles. The third-order valence-electron chi connectivity index (χ3n) is 5.30. The maximum absolute atomic E-state index is 13.3. The zero-order valence-corrected chi connectivity index (χ0v) is 18.0. The van der Waals surface area contributed by atoms with E-state index in [4.69, 9.17) is 21.1 Å². The fourth-order valence-electron chi connectivity index (χ4n) is 3.77. The molecule has 0 saturated carbocycles. The normalized spacial score (nSPS) is 16.0. The molecule has 1 atom stereocenters. The second kappa shape index (κ2) is 10.5. The molecule has 1 heterocycles. The van der Waals surface area contributed by atoms with Gasteiger partial charge in [0.25, 0.3) is 0 Å². The number of ether oxygens (including phenoxy) is 2. The zero-order chi connectivity index (χ0) is 21.5. The molecule has 1 aliphatic rings. The van der Waals surface area contributed by atoms with Crippen molar-refractivity contribution < 1.29 is 19.1 Å². The van der Waals surface area contributed by atoms with Crippen molar-refractivity contribution in [3.05, 3.63) is 59.1 Å². The van der Waals surface area contributed by atoms with Gasteiger partial charge in [-0.25, -0.2) is 0 Å². The highest BCUT2D eigenvalue weighted by Crippen LogP contribution is 2.31. The minimum absolute atomic E-state index is 0.110. The summed E-state index contributed by atoms with van der Waals surface area (Å²) < 4.78 is 10.3. The molecule has 1 fully saturated rings. The number of hydrogen-bond acceptors (Lipinski definition) is 5. The monoisotopic (exact) mass is 430 g/mol. The van der Waals surface area contributed by atoms with Crippen LogP contribution in [-0.2, 0) is 14.3 Å². The largest absolute Gasteiger partial charge is 0.495 e. The number of nitrogens with one attached hydrogen (secondary N) is 1. The molecule has 1 amide bonds. The first-order valence-electron chi connectivity index (χ1n) is 10.1. The molecule has 7 heteroatoms. The highest BCUT2D eigenvalue weighted by molar-refractivity contribution is 6.32. The predicted octanol–water partition coefficient (Wildman–Crippen LogP) is 4.30. The van der Waals surface area contributed by atoms with E-state index in [1.165, 1.54) is 0 Å². The Kier molecular flexibility index (Phi) is 7.71. The Labute approximate surface area is 182 Å². The van der Waals surface area contributed by atoms with Crippen LogP contribution in [0.25, 0.3) is 0 Å². The van der Waals surface area contributed by atoms with Gasteiger partial charge in [0.2, 0.25) is 5.91 Å². The van der Waals surface area contributed by atoms with Gasteiger partial charge in [0, 0.05) is 18.8 Å². The highest BCUT2D eigenvalue weighted by atomic mass is 35.5. The Morgan fingerprint density at radius 1 is 1.17 bits per heavy atom. The number of carbonyl (C=O) groups excluding carboxylic acids is 2. The first-order chi connectivity index (χ1) is 14.5. The van der Waals surface area contributed by atoms with Gasteiger partial charge in [-0.3, -0.25) is 14.5 Å². The van der Waals surface area contributed by atoms with E-state index in [2.05, 4.69) is 10.2 Å². The molecule has 0 bridgehead atoms. The van der Waals surface area contributed by atoms with E-state index in [9.17, 15) is 9.59 Å². The SMILES string of the molecule is CCOC(=O)C1CCN(C(C(=O)Nc2ccc(OC)c(Cl)c2)c2ccccc2)CC1. The van der Waals surface area contributed by atoms with Crippen LogP contribution in [0, 0.1) is 5.92 Å². The van der Waals surface area contributed by atoms with Crippen LogP contribution in [0.5, 0.6) is 5.75 Å². The summed E-state index contributed by atoms with van der Waals surface area (Å²) in [4.78, 5) is 27.5. The summed E-state index contributed by atoms with van der Waals surface area (Å²) in [6.07, 6.45) is 1.34. The smallest absolute Gasteiger partial charge is 0.309 e. The summed E-state index contributed by atoms with van der Waals surface area (Å²) in [5.74, 6) is 0.152. The first kappa shape index (κ1) is 22.1. The minimum atomic E-state index is -0.463. The van der Waals surface area contributed by atoms with Crippen LogP contribution in [0.4, 0.5) is 5.69 Å². The van der Waals surface area contributed by atoms with Crippen LogP contribution in [0.1, 0.15) is 31.4 Å². The average molecular weight is 431 g/mol. The van der Waals surface area contributed by atoms with E-state index < -0.39 is 6.04 Å². The van der Waals surface area contributed by atoms with Gasteiger partial charge in [-0.1, -0.05) is 41.9 Å². The van der Waals surface area contributed by atoms with Gasteiger partial charge in [0.05, 0.1) is 24.7 Å². The number of halogens is 1. The lowest BCUT2D eigenvalue weighted by Crippen LogP contribution is -2.43. The fourth-order valence-corrected chi connectivity index (χ4v) is 4.03. The molecule has 0 aliphatic carbocycles. The zero-order valence-electron chi connectivity index (χ0n) is 17.3. The third-order valence-corrected chi connectivity index (χ3v) is 5.59. The van der Waals surface area contributed by atoms with Gasteiger partial charge in [0.1, 0.15) is 11.8 Å². The van der Waals surface area contributed by atoms with Crippen molar-refractivity contribution in [3.63, 3.8) is 0 Å². The van der Waals surface area contributed by atoms with Crippen LogP contribution >= 0.6 is 11.6 Å². The number of likely N-dealkylation sites (tertiary alicyclic amines) is 1. The number of benzene rings is 2. The lowest BCUT2D eigenvalue weighted by Gasteiger charge is -2.36. The van der Waals surface area contributed by atoms with Gasteiger partial charge in [-0.15, -0.1) is 0 Å². The molecule has 0 spiro atoms. The number of nitrogens with zero attached hydrogens (tertiary/aromatic N) is 1. The molecule has 3 rings (SSSR count). The van der Waals surface area contributed by atoms with Crippen LogP contribution < -0.4 is 10.1 Å². The summed E-state index contributed by atoms with van der Waals surface area (Å²) in [5.41, 5.74) is 1.51. The van der Waals surface area contributed by atoms with Crippen molar-refractivity contribution >= 4 is 29.2 Å². The van der Waals surface area contributed by atoms with Crippen LogP contribution in [0.2, 0.25) is 5.02 Å². The summed E-state index contributed by atoms with van der Waals surface area (Å²) in [5, 5.41) is 3.40. The number of piperidine rings is 1. The van der Waals surface area contributed by atoms with Crippen molar-refractivity contribution in [3.8, 4) is 5.75 Å². The minimum Gasteiger partial charge on any atom is -0.495 e. The summed E-state index contributed by atoms with van der Waals surface area (Å²) in [6, 6.07) is 14.4. The molecule has 160 valence electrons. The van der Waals surface area contributed by atoms with Crippen molar-refractivity contribution in [2.75, 3.05) is 32.1 Å². The molecule has 6 nitrogen and oxygen atoms in total. The number of amides is 1. The molecule has 0 aromatic heterocycles. The molecule has 1 unspecified atom stereocenters. The van der Waals surface area contributed by atoms with E-state index in [0.29, 0.717) is 49.0 Å². The maximum atomic E-state index is 13.3. The molecule has 2 aromatic rings. The number of rotatable bonds is 7. The molecule has 1 N–H and O–H groups in total. The van der Waals surface area contributed by atoms with E-state index in [1.54, 1.807) is 25.3 Å². The second-order valence-electron chi connectivity index (χ2n) is 7.21. The lowest BCUT2D eigenvalue weighted by molar-refractivity contribution is -0.149. The van der Waals surface area contributed by atoms with Crippen molar-refractivity contribution in [1.82, 2.24) is 4.90 Å². The Balaban J connectivity index is 1.76. The molecule has 2 aromatic carbocycles. The van der Waals surface area contributed by atoms with Gasteiger partial charge in [-0.05, 0) is 43.5 Å². The van der Waals surface area contributed by atoms with E-state index in [0.717, 1.165) is 5.56 Å². The third kappa shape index (κ3) is 5.32. The summed E-state index contributed by atoms with van der Waals surface area (Å²) >= 11 is 6.20. The molecule has 1 saturated heterocycles.